The van der Waals surface area contributed by atoms with E-state index in [1.165, 1.54) is 21.6 Å². The minimum Gasteiger partial charge on any atom is -0.380 e. The number of methoxy groups -OCH3 is 1. The summed E-state index contributed by atoms with van der Waals surface area (Å²) in [5.74, 6) is 0. The van der Waals surface area contributed by atoms with Gasteiger partial charge in [0, 0.05) is 26.9 Å². The van der Waals surface area contributed by atoms with Gasteiger partial charge in [0.05, 0.1) is 6.61 Å². The summed E-state index contributed by atoms with van der Waals surface area (Å²) in [6, 6.07) is 17.0. The lowest BCUT2D eigenvalue weighted by atomic mass is 10.2. The summed E-state index contributed by atoms with van der Waals surface area (Å²) in [6.07, 6.45) is 0. The Morgan fingerprint density at radius 2 is 1.74 bits per heavy atom. The van der Waals surface area contributed by atoms with Crippen molar-refractivity contribution in [3.8, 4) is 0 Å². The van der Waals surface area contributed by atoms with Crippen LogP contribution >= 0.6 is 0 Å². The van der Waals surface area contributed by atoms with Gasteiger partial charge in [-0.15, -0.1) is 0 Å². The molecule has 0 fully saturated rings. The number of nitrogens with zero attached hydrogens (tertiary/aromatic N) is 1. The molecule has 0 amide bonds. The van der Waals surface area contributed by atoms with Crippen LogP contribution in [0.3, 0.4) is 0 Å². The highest BCUT2D eigenvalue weighted by Gasteiger charge is 2.11. The highest BCUT2D eigenvalue weighted by Crippen LogP contribution is 2.11. The van der Waals surface area contributed by atoms with E-state index < -0.39 is 0 Å². The van der Waals surface area contributed by atoms with Gasteiger partial charge in [0.1, 0.15) is 9.52 Å². The predicted molar refractivity (Wildman–Crippen MR) is 82.9 cm³/mol. The van der Waals surface area contributed by atoms with Crippen molar-refractivity contribution in [2.24, 2.45) is 0 Å². The average Bonchev–Trinajstić information content (AvgIpc) is 2.42. The molecule has 0 aliphatic carbocycles. The van der Waals surface area contributed by atoms with Gasteiger partial charge >= 0.3 is 0 Å². The summed E-state index contributed by atoms with van der Waals surface area (Å²) in [5.41, 5.74) is 2.55. The van der Waals surface area contributed by atoms with Crippen LogP contribution < -0.4 is 15.3 Å². The van der Waals surface area contributed by atoms with Crippen LogP contribution in [-0.2, 0) is 11.3 Å². The molecule has 2 nitrogen and oxygen atoms in total. The normalized spacial score (nSPS) is 10.5. The molecule has 2 aromatic carbocycles. The maximum Gasteiger partial charge on any atom is 0.124 e. The molecule has 98 valence electrons. The number of anilines is 1. The van der Waals surface area contributed by atoms with E-state index in [0.717, 1.165) is 0 Å². The van der Waals surface area contributed by atoms with Gasteiger partial charge in [-0.25, -0.2) is 0 Å². The van der Waals surface area contributed by atoms with Gasteiger partial charge in [-0.1, -0.05) is 47.7 Å². The molecule has 2 radical (unpaired) electrons. The second-order valence-electron chi connectivity index (χ2n) is 4.63. The largest absolute Gasteiger partial charge is 0.380 e. The second kappa shape index (κ2) is 6.54. The lowest BCUT2D eigenvalue weighted by Gasteiger charge is -2.20. The fourth-order valence-electron chi connectivity index (χ4n) is 2.05. The Bertz CT molecular complexity index is 526. The molecule has 19 heavy (non-hydrogen) atoms. The smallest absolute Gasteiger partial charge is 0.124 e. The van der Waals surface area contributed by atoms with E-state index in [4.69, 9.17) is 4.74 Å². The van der Waals surface area contributed by atoms with E-state index >= 15 is 0 Å². The Morgan fingerprint density at radius 1 is 1.00 bits per heavy atom. The van der Waals surface area contributed by atoms with Crippen molar-refractivity contribution in [1.29, 1.82) is 0 Å². The Hall–Kier alpha value is -1.58. The fourth-order valence-corrected chi connectivity index (χ4v) is 3.44. The van der Waals surface area contributed by atoms with Gasteiger partial charge in [0.25, 0.3) is 0 Å². The molecule has 0 saturated heterocycles. The van der Waals surface area contributed by atoms with E-state index in [2.05, 4.69) is 67.5 Å². The molecule has 2 rings (SSSR count). The van der Waals surface area contributed by atoms with Crippen LogP contribution in [0.1, 0.15) is 5.56 Å². The summed E-state index contributed by atoms with van der Waals surface area (Å²) < 4.78 is 5.33. The van der Waals surface area contributed by atoms with E-state index in [9.17, 15) is 0 Å². The molecular weight excluding hydrogens is 250 g/mol. The van der Waals surface area contributed by atoms with E-state index in [1.807, 2.05) is 0 Å². The first-order chi connectivity index (χ1) is 9.22. The fraction of sp³-hybridized carbons (Fsp3) is 0.250. The number of ether oxygens (including phenoxy) is 1. The molecule has 0 aliphatic heterocycles. The molecule has 0 aromatic heterocycles. The molecule has 0 spiro atoms. The second-order valence-corrected chi connectivity index (χ2v) is 5.96. The molecule has 0 unspecified atom stereocenters. The zero-order chi connectivity index (χ0) is 13.7. The van der Waals surface area contributed by atoms with Crippen LogP contribution in [0.2, 0.25) is 0 Å². The Balaban J connectivity index is 2.40. The number of benzene rings is 2. The van der Waals surface area contributed by atoms with Gasteiger partial charge in [-0.3, -0.25) is 0 Å². The first-order valence-electron chi connectivity index (χ1n) is 6.32. The summed E-state index contributed by atoms with van der Waals surface area (Å²) >= 11 is 0. The Labute approximate surface area is 117 Å². The number of hydrogen-bond donors (Lipinski definition) is 0. The maximum absolute atomic E-state index is 5.33. The van der Waals surface area contributed by atoms with Gasteiger partial charge in [0.2, 0.25) is 0 Å². The number of hydrogen-bond acceptors (Lipinski definition) is 2. The van der Waals surface area contributed by atoms with Gasteiger partial charge in [-0.2, -0.15) is 0 Å². The Morgan fingerprint density at radius 3 is 2.37 bits per heavy atom. The molecule has 0 saturated carbocycles. The number of rotatable bonds is 5. The minimum atomic E-state index is 0.655. The van der Waals surface area contributed by atoms with Crippen LogP contribution in [-0.4, -0.2) is 30.7 Å². The summed E-state index contributed by atoms with van der Waals surface area (Å²) in [4.78, 5) is 2.17. The van der Waals surface area contributed by atoms with Crippen LogP contribution in [0.15, 0.2) is 48.5 Å². The topological polar surface area (TPSA) is 12.5 Å². The molecule has 0 heterocycles. The molecular formula is C16H19NOSi. The molecule has 3 heteroatoms. The monoisotopic (exact) mass is 269 g/mol. The third-order valence-corrected chi connectivity index (χ3v) is 4.40. The molecule has 0 aliphatic rings. The molecule has 0 bridgehead atoms. The quantitative estimate of drug-likeness (QED) is 0.764. The SMILES string of the molecule is COCc1cccc(N(C)C)c1[Si]c1ccccc1. The van der Waals surface area contributed by atoms with Crippen molar-refractivity contribution >= 4 is 25.6 Å². The highest BCUT2D eigenvalue weighted by atomic mass is 28.2. The highest BCUT2D eigenvalue weighted by molar-refractivity contribution is 6.69. The maximum atomic E-state index is 5.33. The lowest BCUT2D eigenvalue weighted by Crippen LogP contribution is -2.34. The lowest BCUT2D eigenvalue weighted by molar-refractivity contribution is 0.185. The van der Waals surface area contributed by atoms with E-state index in [1.54, 1.807) is 7.11 Å². The first kappa shape index (κ1) is 13.8. The van der Waals surface area contributed by atoms with Crippen molar-refractivity contribution in [2.75, 3.05) is 26.1 Å². The zero-order valence-electron chi connectivity index (χ0n) is 11.7. The van der Waals surface area contributed by atoms with Crippen molar-refractivity contribution in [1.82, 2.24) is 0 Å². The first-order valence-corrected chi connectivity index (χ1v) is 7.32. The van der Waals surface area contributed by atoms with Crippen molar-refractivity contribution in [2.45, 2.75) is 6.61 Å². The third-order valence-electron chi connectivity index (χ3n) is 2.95. The van der Waals surface area contributed by atoms with Crippen molar-refractivity contribution in [3.63, 3.8) is 0 Å². The van der Waals surface area contributed by atoms with Crippen LogP contribution in [0.5, 0.6) is 0 Å². The molecule has 0 atom stereocenters. The van der Waals surface area contributed by atoms with Crippen LogP contribution in [0, 0.1) is 0 Å². The summed E-state index contributed by atoms with van der Waals surface area (Å²) in [5, 5.41) is 2.73. The van der Waals surface area contributed by atoms with Crippen molar-refractivity contribution in [3.05, 3.63) is 54.1 Å². The van der Waals surface area contributed by atoms with Gasteiger partial charge in [0.15, 0.2) is 0 Å². The predicted octanol–water partition coefficient (Wildman–Crippen LogP) is 1.55. The minimum absolute atomic E-state index is 0.655. The molecule has 0 N–H and O–H groups in total. The Kier molecular flexibility index (Phi) is 4.77. The zero-order valence-corrected chi connectivity index (χ0v) is 12.7. The van der Waals surface area contributed by atoms with Crippen LogP contribution in [0.4, 0.5) is 5.69 Å². The summed E-state index contributed by atoms with van der Waals surface area (Å²) in [6.45, 7) is 0.664. The van der Waals surface area contributed by atoms with E-state index in [0.29, 0.717) is 16.1 Å². The molecule has 2 aromatic rings. The van der Waals surface area contributed by atoms with Crippen LogP contribution in [0.25, 0.3) is 0 Å². The third kappa shape index (κ3) is 3.46. The summed E-state index contributed by atoms with van der Waals surface area (Å²) in [7, 11) is 6.58. The standard InChI is InChI=1S/C16H19NOSi/c1-17(2)15-11-7-8-13(12-18-3)16(15)19-14-9-5-4-6-10-14/h4-11H,12H2,1-3H3. The average molecular weight is 269 g/mol. The van der Waals surface area contributed by atoms with Crippen molar-refractivity contribution < 1.29 is 4.74 Å². The van der Waals surface area contributed by atoms with Gasteiger partial charge < -0.3 is 9.64 Å². The van der Waals surface area contributed by atoms with E-state index in [-0.39, 0.29) is 0 Å². The van der Waals surface area contributed by atoms with Gasteiger partial charge in [-0.05, 0) is 16.8 Å².